The van der Waals surface area contributed by atoms with Crippen molar-refractivity contribution < 1.29 is 9.53 Å². The zero-order chi connectivity index (χ0) is 19.2. The highest BCUT2D eigenvalue weighted by atomic mass is 35.5. The lowest BCUT2D eigenvalue weighted by atomic mass is 10.1. The van der Waals surface area contributed by atoms with E-state index in [9.17, 15) is 4.79 Å². The summed E-state index contributed by atoms with van der Waals surface area (Å²) in [6, 6.07) is 3.95. The maximum atomic E-state index is 12.3. The highest BCUT2D eigenvalue weighted by molar-refractivity contribution is 7.14. The summed E-state index contributed by atoms with van der Waals surface area (Å²) in [6.07, 6.45) is 0.921. The van der Waals surface area contributed by atoms with Gasteiger partial charge in [-0.05, 0) is 50.1 Å². The summed E-state index contributed by atoms with van der Waals surface area (Å²) in [7, 11) is 0. The van der Waals surface area contributed by atoms with Crippen LogP contribution in [0.2, 0.25) is 5.02 Å². The minimum Gasteiger partial charge on any atom is -0.379 e. The Morgan fingerprint density at radius 1 is 1.30 bits per heavy atom. The van der Waals surface area contributed by atoms with Gasteiger partial charge in [0.2, 0.25) is 0 Å². The average Bonchev–Trinajstić information content (AvgIpc) is 3.12. The number of aryl methyl sites for hydroxylation is 2. The third-order valence-corrected chi connectivity index (χ3v) is 5.82. The maximum Gasteiger partial charge on any atom is 0.270 e. The van der Waals surface area contributed by atoms with Crippen LogP contribution >= 0.6 is 22.9 Å². The molecule has 2 aromatic rings. The van der Waals surface area contributed by atoms with Gasteiger partial charge in [0.05, 0.1) is 13.2 Å². The molecule has 1 aliphatic heterocycles. The number of hydrogen-bond acceptors (Lipinski definition) is 6. The topological polar surface area (TPSA) is 66.5 Å². The molecular weight excluding hydrogens is 384 g/mol. The Morgan fingerprint density at radius 3 is 2.70 bits per heavy atom. The number of rotatable bonds is 7. The van der Waals surface area contributed by atoms with Crippen molar-refractivity contribution >= 4 is 39.7 Å². The monoisotopic (exact) mass is 408 g/mol. The van der Waals surface area contributed by atoms with Crippen LogP contribution in [0.1, 0.15) is 28.0 Å². The summed E-state index contributed by atoms with van der Waals surface area (Å²) >= 11 is 7.62. The van der Waals surface area contributed by atoms with E-state index in [1.165, 1.54) is 11.3 Å². The van der Waals surface area contributed by atoms with E-state index in [2.05, 4.69) is 20.5 Å². The second-order valence-corrected chi connectivity index (χ2v) is 7.89. The molecule has 0 spiro atoms. The molecule has 0 aliphatic carbocycles. The minimum atomic E-state index is -0.134. The number of ether oxygens (including phenoxy) is 1. The van der Waals surface area contributed by atoms with Gasteiger partial charge < -0.3 is 15.4 Å². The molecule has 1 amide bonds. The Hall–Kier alpha value is -1.67. The van der Waals surface area contributed by atoms with E-state index < -0.39 is 0 Å². The van der Waals surface area contributed by atoms with Crippen molar-refractivity contribution in [3.05, 3.63) is 39.4 Å². The molecule has 1 fully saturated rings. The number of morpholine rings is 1. The number of nitrogens with one attached hydrogen (secondary N) is 2. The summed E-state index contributed by atoms with van der Waals surface area (Å²) in [4.78, 5) is 19.0. The zero-order valence-corrected chi connectivity index (χ0v) is 17.3. The first-order chi connectivity index (χ1) is 13.0. The smallest absolute Gasteiger partial charge is 0.270 e. The molecule has 1 aromatic carbocycles. The highest BCUT2D eigenvalue weighted by Crippen LogP contribution is 2.27. The number of amides is 1. The van der Waals surface area contributed by atoms with Crippen molar-refractivity contribution in [1.82, 2.24) is 15.2 Å². The predicted molar refractivity (Wildman–Crippen MR) is 111 cm³/mol. The summed E-state index contributed by atoms with van der Waals surface area (Å²) in [5.41, 5.74) is 3.38. The lowest BCUT2D eigenvalue weighted by Gasteiger charge is -2.26. The molecular formula is C19H25ClN4O2S. The fraction of sp³-hybridized carbons (Fsp3) is 0.474. The van der Waals surface area contributed by atoms with Gasteiger partial charge in [0, 0.05) is 35.7 Å². The van der Waals surface area contributed by atoms with Crippen LogP contribution in [-0.2, 0) is 4.74 Å². The number of carbonyl (C=O) groups excluding carboxylic acids is 1. The Kier molecular flexibility index (Phi) is 7.07. The van der Waals surface area contributed by atoms with Gasteiger partial charge in [0.1, 0.15) is 5.69 Å². The quantitative estimate of drug-likeness (QED) is 0.685. The van der Waals surface area contributed by atoms with Crippen LogP contribution in [0.4, 0.5) is 10.8 Å². The van der Waals surface area contributed by atoms with Gasteiger partial charge in [-0.1, -0.05) is 11.6 Å². The molecule has 0 atom stereocenters. The molecule has 0 saturated carbocycles. The van der Waals surface area contributed by atoms with Crippen LogP contribution in [-0.4, -0.2) is 55.2 Å². The maximum absolute atomic E-state index is 12.3. The lowest BCUT2D eigenvalue weighted by Crippen LogP contribution is -2.38. The fourth-order valence-electron chi connectivity index (χ4n) is 3.00. The zero-order valence-electron chi connectivity index (χ0n) is 15.7. The number of halogens is 1. The van der Waals surface area contributed by atoms with Crippen molar-refractivity contribution in [3.8, 4) is 0 Å². The third-order valence-electron chi connectivity index (χ3n) is 4.46. The van der Waals surface area contributed by atoms with Crippen LogP contribution in [0.25, 0.3) is 0 Å². The summed E-state index contributed by atoms with van der Waals surface area (Å²) in [5, 5.41) is 9.43. The SMILES string of the molecule is Cc1cc(Nc2nc(C(=O)NCCCN3CCOCC3)cs2)cc(C)c1Cl. The number of benzene rings is 1. The van der Waals surface area contributed by atoms with E-state index >= 15 is 0 Å². The molecule has 146 valence electrons. The van der Waals surface area contributed by atoms with Gasteiger partial charge in [0.15, 0.2) is 5.13 Å². The summed E-state index contributed by atoms with van der Waals surface area (Å²) in [5.74, 6) is -0.134. The van der Waals surface area contributed by atoms with Crippen LogP contribution in [0.15, 0.2) is 17.5 Å². The molecule has 27 heavy (non-hydrogen) atoms. The molecule has 1 saturated heterocycles. The molecule has 1 aliphatic rings. The van der Waals surface area contributed by atoms with Crippen molar-refractivity contribution in [2.24, 2.45) is 0 Å². The average molecular weight is 409 g/mol. The van der Waals surface area contributed by atoms with Crippen molar-refractivity contribution in [2.45, 2.75) is 20.3 Å². The number of nitrogens with zero attached hydrogens (tertiary/aromatic N) is 2. The number of aromatic nitrogens is 1. The van der Waals surface area contributed by atoms with Gasteiger partial charge in [-0.15, -0.1) is 11.3 Å². The summed E-state index contributed by atoms with van der Waals surface area (Å²) in [6.45, 7) is 9.10. The van der Waals surface area contributed by atoms with Crippen LogP contribution < -0.4 is 10.6 Å². The van der Waals surface area contributed by atoms with E-state index in [1.54, 1.807) is 5.38 Å². The number of carbonyl (C=O) groups is 1. The van der Waals surface area contributed by atoms with E-state index in [1.807, 2.05) is 26.0 Å². The Labute approximate surface area is 168 Å². The largest absolute Gasteiger partial charge is 0.379 e. The van der Waals surface area contributed by atoms with Crippen LogP contribution in [0, 0.1) is 13.8 Å². The van der Waals surface area contributed by atoms with Crippen molar-refractivity contribution in [1.29, 1.82) is 0 Å². The number of thiazole rings is 1. The highest BCUT2D eigenvalue weighted by Gasteiger charge is 2.13. The Morgan fingerprint density at radius 2 is 2.00 bits per heavy atom. The fourth-order valence-corrected chi connectivity index (χ4v) is 3.82. The Balaban J connectivity index is 1.47. The number of hydrogen-bond donors (Lipinski definition) is 2. The first-order valence-corrected chi connectivity index (χ1v) is 10.4. The molecule has 0 unspecified atom stereocenters. The van der Waals surface area contributed by atoms with Gasteiger partial charge in [-0.25, -0.2) is 4.98 Å². The molecule has 0 radical (unpaired) electrons. The standard InChI is InChI=1S/C19H25ClN4O2S/c1-13-10-15(11-14(2)17(13)20)22-19-23-16(12-27-19)18(25)21-4-3-5-24-6-8-26-9-7-24/h10-12H,3-9H2,1-2H3,(H,21,25)(H,22,23). The first kappa shape index (κ1) is 20.1. The van der Waals surface area contributed by atoms with Crippen LogP contribution in [0.5, 0.6) is 0 Å². The molecule has 3 rings (SSSR count). The van der Waals surface area contributed by atoms with Crippen molar-refractivity contribution in [2.75, 3.05) is 44.7 Å². The third kappa shape index (κ3) is 5.65. The molecule has 8 heteroatoms. The van der Waals surface area contributed by atoms with E-state index in [-0.39, 0.29) is 5.91 Å². The molecule has 0 bridgehead atoms. The van der Waals surface area contributed by atoms with Gasteiger partial charge in [0.25, 0.3) is 5.91 Å². The Bertz CT molecular complexity index is 767. The van der Waals surface area contributed by atoms with E-state index in [0.29, 0.717) is 17.4 Å². The van der Waals surface area contributed by atoms with Gasteiger partial charge in [-0.3, -0.25) is 9.69 Å². The first-order valence-electron chi connectivity index (χ1n) is 9.10. The molecule has 6 nitrogen and oxygen atoms in total. The normalized spacial score (nSPS) is 14.9. The van der Waals surface area contributed by atoms with E-state index in [4.69, 9.17) is 16.3 Å². The van der Waals surface area contributed by atoms with Gasteiger partial charge in [-0.2, -0.15) is 0 Å². The molecule has 1 aromatic heterocycles. The van der Waals surface area contributed by atoms with E-state index in [0.717, 1.165) is 61.1 Å². The van der Waals surface area contributed by atoms with Crippen molar-refractivity contribution in [3.63, 3.8) is 0 Å². The second-order valence-electron chi connectivity index (χ2n) is 6.65. The summed E-state index contributed by atoms with van der Waals surface area (Å²) < 4.78 is 5.33. The van der Waals surface area contributed by atoms with Gasteiger partial charge >= 0.3 is 0 Å². The lowest BCUT2D eigenvalue weighted by molar-refractivity contribution is 0.0374. The van der Waals surface area contributed by atoms with Crippen LogP contribution in [0.3, 0.4) is 0 Å². The minimum absolute atomic E-state index is 0.134. The number of anilines is 2. The predicted octanol–water partition coefficient (Wildman–Crippen LogP) is 3.61. The molecule has 2 heterocycles. The molecule has 2 N–H and O–H groups in total. The second kappa shape index (κ2) is 9.50.